The van der Waals surface area contributed by atoms with Gasteiger partial charge in [-0.2, -0.15) is 0 Å². The van der Waals surface area contributed by atoms with Crippen molar-refractivity contribution < 1.29 is 4.92 Å². The molecule has 1 heterocycles. The second kappa shape index (κ2) is 5.38. The van der Waals surface area contributed by atoms with Crippen molar-refractivity contribution in [3.8, 4) is 10.4 Å². The van der Waals surface area contributed by atoms with Gasteiger partial charge >= 0.3 is 0 Å². The maximum Gasteiger partial charge on any atom is 0.270 e. The van der Waals surface area contributed by atoms with Crippen LogP contribution in [0.5, 0.6) is 0 Å². The Hall–Kier alpha value is -2.05. The molecule has 3 rings (SSSR count). The standard InChI is InChI=1S/C15H8BrNO3S/c16-10-4-5-14-12(7-10)13(18)8-15(21-14)9-2-1-3-11(6-9)17(19)20/h1-8H. The van der Waals surface area contributed by atoms with Crippen LogP contribution in [0.4, 0.5) is 5.69 Å². The van der Waals surface area contributed by atoms with Crippen LogP contribution in [0.1, 0.15) is 0 Å². The van der Waals surface area contributed by atoms with Crippen LogP contribution in [0.25, 0.3) is 20.5 Å². The molecule has 0 atom stereocenters. The van der Waals surface area contributed by atoms with Crippen LogP contribution in [0, 0.1) is 10.1 Å². The summed E-state index contributed by atoms with van der Waals surface area (Å²) < 4.78 is 1.70. The lowest BCUT2D eigenvalue weighted by atomic mass is 10.1. The molecule has 104 valence electrons. The van der Waals surface area contributed by atoms with Crippen LogP contribution in [0.15, 0.2) is 57.8 Å². The summed E-state index contributed by atoms with van der Waals surface area (Å²) in [4.78, 5) is 23.3. The molecule has 1 aromatic heterocycles. The first-order valence-electron chi connectivity index (χ1n) is 6.03. The number of fused-ring (bicyclic) bond motifs is 1. The molecule has 0 N–H and O–H groups in total. The van der Waals surface area contributed by atoms with Gasteiger partial charge in [-0.25, -0.2) is 0 Å². The van der Waals surface area contributed by atoms with Crippen molar-refractivity contribution in [2.45, 2.75) is 0 Å². The number of nitro groups is 1. The van der Waals surface area contributed by atoms with Gasteiger partial charge in [-0.15, -0.1) is 11.3 Å². The zero-order valence-electron chi connectivity index (χ0n) is 10.6. The van der Waals surface area contributed by atoms with E-state index in [1.165, 1.54) is 29.5 Å². The van der Waals surface area contributed by atoms with Crippen LogP contribution >= 0.6 is 27.3 Å². The van der Waals surface area contributed by atoms with Crippen molar-refractivity contribution in [2.75, 3.05) is 0 Å². The number of hydrogen-bond donors (Lipinski definition) is 0. The minimum absolute atomic E-state index is 0.0167. The summed E-state index contributed by atoms with van der Waals surface area (Å²) in [7, 11) is 0. The summed E-state index contributed by atoms with van der Waals surface area (Å²) in [6, 6.07) is 13.4. The molecular formula is C15H8BrNO3S. The average Bonchev–Trinajstić information content (AvgIpc) is 2.48. The predicted octanol–water partition coefficient (Wildman–Crippen LogP) is 4.60. The van der Waals surface area contributed by atoms with Crippen molar-refractivity contribution in [3.05, 3.63) is 73.3 Å². The zero-order chi connectivity index (χ0) is 15.0. The van der Waals surface area contributed by atoms with Gasteiger partial charge in [-0.3, -0.25) is 14.9 Å². The predicted molar refractivity (Wildman–Crippen MR) is 87.9 cm³/mol. The van der Waals surface area contributed by atoms with Crippen molar-refractivity contribution in [3.63, 3.8) is 0 Å². The highest BCUT2D eigenvalue weighted by Gasteiger charge is 2.10. The third kappa shape index (κ3) is 2.72. The topological polar surface area (TPSA) is 60.2 Å². The first-order chi connectivity index (χ1) is 10.0. The lowest BCUT2D eigenvalue weighted by Crippen LogP contribution is -1.99. The summed E-state index contributed by atoms with van der Waals surface area (Å²) in [6.45, 7) is 0. The van der Waals surface area contributed by atoms with Gasteiger partial charge < -0.3 is 0 Å². The van der Waals surface area contributed by atoms with Crippen LogP contribution in [-0.4, -0.2) is 4.92 Å². The minimum atomic E-state index is -0.440. The number of halogens is 1. The van der Waals surface area contributed by atoms with Gasteiger partial charge in [-0.1, -0.05) is 28.1 Å². The number of non-ortho nitro benzene ring substituents is 1. The number of nitrogens with zero attached hydrogens (tertiary/aromatic N) is 1. The molecule has 0 aliphatic rings. The van der Waals surface area contributed by atoms with E-state index >= 15 is 0 Å². The van der Waals surface area contributed by atoms with E-state index in [0.29, 0.717) is 10.9 Å². The highest BCUT2D eigenvalue weighted by Crippen LogP contribution is 2.30. The summed E-state index contributed by atoms with van der Waals surface area (Å²) in [6.07, 6.45) is 0. The maximum atomic E-state index is 12.2. The Bertz CT molecular complexity index is 920. The van der Waals surface area contributed by atoms with Gasteiger partial charge in [0.2, 0.25) is 0 Å². The molecule has 6 heteroatoms. The molecule has 0 radical (unpaired) electrons. The van der Waals surface area contributed by atoms with Crippen molar-refractivity contribution >= 4 is 43.0 Å². The Balaban J connectivity index is 2.22. The molecule has 2 aromatic carbocycles. The number of nitro benzene ring substituents is 1. The number of rotatable bonds is 2. The molecule has 0 spiro atoms. The Morgan fingerprint density at radius 3 is 2.67 bits per heavy atom. The Morgan fingerprint density at radius 1 is 1.10 bits per heavy atom. The fourth-order valence-corrected chi connectivity index (χ4v) is 3.46. The van der Waals surface area contributed by atoms with Gasteiger partial charge in [-0.05, 0) is 23.8 Å². The largest absolute Gasteiger partial charge is 0.289 e. The molecule has 0 saturated heterocycles. The lowest BCUT2D eigenvalue weighted by Gasteiger charge is -2.03. The van der Waals surface area contributed by atoms with E-state index in [1.54, 1.807) is 18.2 Å². The van der Waals surface area contributed by atoms with E-state index in [9.17, 15) is 14.9 Å². The molecular weight excluding hydrogens is 354 g/mol. The molecule has 0 fully saturated rings. The molecule has 0 amide bonds. The van der Waals surface area contributed by atoms with Gasteiger partial charge in [0.15, 0.2) is 5.43 Å². The summed E-state index contributed by atoms with van der Waals surface area (Å²) in [5.41, 5.74) is 0.603. The van der Waals surface area contributed by atoms with E-state index in [-0.39, 0.29) is 11.1 Å². The van der Waals surface area contributed by atoms with E-state index in [0.717, 1.165) is 14.0 Å². The van der Waals surface area contributed by atoms with Crippen molar-refractivity contribution in [1.29, 1.82) is 0 Å². The fraction of sp³-hybridized carbons (Fsp3) is 0. The highest BCUT2D eigenvalue weighted by atomic mass is 79.9. The Kier molecular flexibility index (Phi) is 3.57. The Labute approximate surface area is 132 Å². The quantitative estimate of drug-likeness (QED) is 0.495. The first-order valence-corrected chi connectivity index (χ1v) is 7.64. The molecule has 0 aliphatic heterocycles. The fourth-order valence-electron chi connectivity index (χ4n) is 2.04. The molecule has 0 saturated carbocycles. The number of benzene rings is 2. The van der Waals surface area contributed by atoms with Crippen molar-refractivity contribution in [2.24, 2.45) is 0 Å². The van der Waals surface area contributed by atoms with E-state index in [2.05, 4.69) is 15.9 Å². The van der Waals surface area contributed by atoms with Crippen LogP contribution < -0.4 is 5.43 Å². The minimum Gasteiger partial charge on any atom is -0.289 e. The lowest BCUT2D eigenvalue weighted by molar-refractivity contribution is -0.384. The number of hydrogen-bond acceptors (Lipinski definition) is 4. The van der Waals surface area contributed by atoms with Gasteiger partial charge in [0.1, 0.15) is 0 Å². The molecule has 3 aromatic rings. The second-order valence-corrected chi connectivity index (χ2v) is 6.42. The van der Waals surface area contributed by atoms with E-state index < -0.39 is 4.92 Å². The Morgan fingerprint density at radius 2 is 1.90 bits per heavy atom. The third-order valence-electron chi connectivity index (χ3n) is 3.03. The van der Waals surface area contributed by atoms with Gasteiger partial charge in [0.05, 0.1) is 4.92 Å². The SMILES string of the molecule is O=c1cc(-c2cccc([N+](=O)[O-])c2)sc2ccc(Br)cc12. The molecule has 0 unspecified atom stereocenters. The van der Waals surface area contributed by atoms with Gasteiger partial charge in [0.25, 0.3) is 5.69 Å². The van der Waals surface area contributed by atoms with Crippen LogP contribution in [0.3, 0.4) is 0 Å². The monoisotopic (exact) mass is 361 g/mol. The van der Waals surface area contributed by atoms with Gasteiger partial charge in [0, 0.05) is 37.6 Å². The molecule has 21 heavy (non-hydrogen) atoms. The van der Waals surface area contributed by atoms with E-state index in [1.807, 2.05) is 12.1 Å². The maximum absolute atomic E-state index is 12.2. The second-order valence-electron chi connectivity index (χ2n) is 4.42. The molecule has 0 aliphatic carbocycles. The smallest absolute Gasteiger partial charge is 0.270 e. The highest BCUT2D eigenvalue weighted by molar-refractivity contribution is 9.10. The zero-order valence-corrected chi connectivity index (χ0v) is 13.0. The summed E-state index contributed by atoms with van der Waals surface area (Å²) in [5.74, 6) is 0. The van der Waals surface area contributed by atoms with Crippen LogP contribution in [-0.2, 0) is 0 Å². The van der Waals surface area contributed by atoms with E-state index in [4.69, 9.17) is 0 Å². The first kappa shape index (κ1) is 13.9. The summed E-state index contributed by atoms with van der Waals surface area (Å²) >= 11 is 4.79. The average molecular weight is 362 g/mol. The molecule has 0 bridgehead atoms. The third-order valence-corrected chi connectivity index (χ3v) is 4.67. The van der Waals surface area contributed by atoms with Crippen LogP contribution in [0.2, 0.25) is 0 Å². The normalized spacial score (nSPS) is 10.7. The molecule has 4 nitrogen and oxygen atoms in total. The van der Waals surface area contributed by atoms with Crippen molar-refractivity contribution in [1.82, 2.24) is 0 Å². The summed E-state index contributed by atoms with van der Waals surface area (Å²) in [5, 5.41) is 11.5.